The lowest BCUT2D eigenvalue weighted by molar-refractivity contribution is 0.0682. The van der Waals surface area contributed by atoms with Crippen LogP contribution in [-0.4, -0.2) is 29.3 Å². The van der Waals surface area contributed by atoms with Gasteiger partial charge in [0, 0.05) is 23.5 Å². The summed E-state index contributed by atoms with van der Waals surface area (Å²) in [6, 6.07) is 5.10. The minimum Gasteiger partial charge on any atom is -0.334 e. The Balaban J connectivity index is 3.04. The quantitative estimate of drug-likeness (QED) is 0.685. The molecule has 0 heterocycles. The topological polar surface area (TPSA) is 20.3 Å². The van der Waals surface area contributed by atoms with Crippen LogP contribution in [0.15, 0.2) is 18.2 Å². The lowest BCUT2D eigenvalue weighted by Crippen LogP contribution is -2.41. The summed E-state index contributed by atoms with van der Waals surface area (Å²) >= 11 is 17.7. The fraction of sp³-hybridized carbons (Fsp3) is 0.500. The number of alkyl halides is 1. The van der Waals surface area contributed by atoms with Gasteiger partial charge in [0.2, 0.25) is 0 Å². The fourth-order valence-corrected chi connectivity index (χ4v) is 2.76. The van der Waals surface area contributed by atoms with Crippen LogP contribution in [0.4, 0.5) is 0 Å². The summed E-state index contributed by atoms with van der Waals surface area (Å²) in [4.78, 5) is 14.4. The van der Waals surface area contributed by atoms with Gasteiger partial charge in [-0.15, -0.1) is 11.6 Å². The summed E-state index contributed by atoms with van der Waals surface area (Å²) in [5, 5.41) is 0.899. The average molecular weight is 323 g/mol. The molecule has 0 saturated carbocycles. The Morgan fingerprint density at radius 3 is 2.37 bits per heavy atom. The lowest BCUT2D eigenvalue weighted by Gasteiger charge is -2.30. The van der Waals surface area contributed by atoms with Crippen molar-refractivity contribution in [2.75, 3.05) is 12.4 Å². The van der Waals surface area contributed by atoms with Crippen molar-refractivity contribution in [2.24, 2.45) is 0 Å². The monoisotopic (exact) mass is 321 g/mol. The first-order valence-electron chi connectivity index (χ1n) is 6.37. The molecule has 5 heteroatoms. The van der Waals surface area contributed by atoms with Gasteiger partial charge in [-0.2, -0.15) is 0 Å². The molecule has 1 aromatic carbocycles. The van der Waals surface area contributed by atoms with Crippen LogP contribution in [-0.2, 0) is 0 Å². The lowest BCUT2D eigenvalue weighted by atomic mass is 10.1. The Morgan fingerprint density at radius 1 is 1.26 bits per heavy atom. The van der Waals surface area contributed by atoms with Crippen molar-refractivity contribution >= 4 is 40.7 Å². The SMILES string of the molecule is CCC(CC)N(CCCl)C(=O)c1ccc(Cl)cc1Cl. The number of hydrogen-bond donors (Lipinski definition) is 0. The summed E-state index contributed by atoms with van der Waals surface area (Å²) < 4.78 is 0. The number of nitrogens with zero attached hydrogens (tertiary/aromatic N) is 1. The third-order valence-corrected chi connectivity index (χ3v) is 3.85. The Kier molecular flexibility index (Phi) is 6.98. The maximum Gasteiger partial charge on any atom is 0.255 e. The maximum atomic E-state index is 12.6. The van der Waals surface area contributed by atoms with Crippen molar-refractivity contribution in [3.8, 4) is 0 Å². The number of amides is 1. The number of carbonyl (C=O) groups excluding carboxylic acids is 1. The number of benzene rings is 1. The fourth-order valence-electron chi connectivity index (χ4n) is 2.09. The standard InChI is InChI=1S/C14H18Cl3NO/c1-3-11(4-2)18(8-7-15)14(19)12-6-5-10(16)9-13(12)17/h5-6,9,11H,3-4,7-8H2,1-2H3. The smallest absolute Gasteiger partial charge is 0.255 e. The molecule has 0 aromatic heterocycles. The van der Waals surface area contributed by atoms with Crippen LogP contribution in [0.3, 0.4) is 0 Å². The van der Waals surface area contributed by atoms with Crippen molar-refractivity contribution in [3.05, 3.63) is 33.8 Å². The van der Waals surface area contributed by atoms with Crippen LogP contribution >= 0.6 is 34.8 Å². The normalized spacial score (nSPS) is 10.8. The summed E-state index contributed by atoms with van der Waals surface area (Å²) in [5.41, 5.74) is 0.475. The van der Waals surface area contributed by atoms with Crippen LogP contribution in [0.5, 0.6) is 0 Å². The first kappa shape index (κ1) is 16.6. The van der Waals surface area contributed by atoms with E-state index in [9.17, 15) is 4.79 Å². The van der Waals surface area contributed by atoms with E-state index >= 15 is 0 Å². The van der Waals surface area contributed by atoms with E-state index in [1.165, 1.54) is 0 Å². The Morgan fingerprint density at radius 2 is 1.89 bits per heavy atom. The third-order valence-electron chi connectivity index (χ3n) is 3.13. The molecular weight excluding hydrogens is 305 g/mol. The molecule has 0 bridgehead atoms. The van der Waals surface area contributed by atoms with Crippen LogP contribution in [0, 0.1) is 0 Å². The number of rotatable bonds is 6. The van der Waals surface area contributed by atoms with Gasteiger partial charge in [0.05, 0.1) is 10.6 Å². The van der Waals surface area contributed by atoms with Crippen LogP contribution in [0.2, 0.25) is 10.0 Å². The second-order valence-electron chi connectivity index (χ2n) is 4.28. The first-order chi connectivity index (χ1) is 9.04. The molecule has 0 aliphatic rings. The number of hydrogen-bond acceptors (Lipinski definition) is 1. The average Bonchev–Trinajstić information content (AvgIpc) is 2.38. The summed E-state index contributed by atoms with van der Waals surface area (Å²) in [6.07, 6.45) is 1.79. The van der Waals surface area contributed by atoms with Gasteiger partial charge in [-0.3, -0.25) is 4.79 Å². The van der Waals surface area contributed by atoms with Gasteiger partial charge in [0.1, 0.15) is 0 Å². The van der Waals surface area contributed by atoms with Crippen molar-refractivity contribution in [1.29, 1.82) is 0 Å². The molecule has 0 unspecified atom stereocenters. The van der Waals surface area contributed by atoms with Gasteiger partial charge in [-0.1, -0.05) is 37.0 Å². The third kappa shape index (κ3) is 4.27. The molecule has 1 rings (SSSR count). The van der Waals surface area contributed by atoms with Crippen LogP contribution < -0.4 is 0 Å². The van der Waals surface area contributed by atoms with E-state index < -0.39 is 0 Å². The maximum absolute atomic E-state index is 12.6. The summed E-state index contributed by atoms with van der Waals surface area (Å²) in [7, 11) is 0. The van der Waals surface area contributed by atoms with Gasteiger partial charge in [0.15, 0.2) is 0 Å². The minimum absolute atomic E-state index is 0.0870. The predicted molar refractivity (Wildman–Crippen MR) is 82.6 cm³/mol. The highest BCUT2D eigenvalue weighted by Gasteiger charge is 2.23. The van der Waals surface area contributed by atoms with Crippen molar-refractivity contribution in [2.45, 2.75) is 32.7 Å². The largest absolute Gasteiger partial charge is 0.334 e. The molecule has 19 heavy (non-hydrogen) atoms. The molecule has 2 nitrogen and oxygen atoms in total. The minimum atomic E-state index is -0.0870. The van der Waals surface area contributed by atoms with E-state index in [0.717, 1.165) is 12.8 Å². The van der Waals surface area contributed by atoms with Gasteiger partial charge >= 0.3 is 0 Å². The molecule has 0 saturated heterocycles. The zero-order valence-electron chi connectivity index (χ0n) is 11.1. The molecule has 0 fully saturated rings. The van der Waals surface area contributed by atoms with Crippen LogP contribution in [0.1, 0.15) is 37.0 Å². The first-order valence-corrected chi connectivity index (χ1v) is 7.66. The summed E-state index contributed by atoms with van der Waals surface area (Å²) in [5.74, 6) is 0.323. The van der Waals surface area contributed by atoms with Gasteiger partial charge in [0.25, 0.3) is 5.91 Å². The molecule has 1 amide bonds. The van der Waals surface area contributed by atoms with E-state index in [1.54, 1.807) is 23.1 Å². The second kappa shape index (κ2) is 7.98. The molecular formula is C14H18Cl3NO. The molecule has 0 aliphatic heterocycles. The van der Waals surface area contributed by atoms with E-state index in [-0.39, 0.29) is 11.9 Å². The van der Waals surface area contributed by atoms with Crippen molar-refractivity contribution in [1.82, 2.24) is 4.90 Å². The molecule has 0 aliphatic carbocycles. The van der Waals surface area contributed by atoms with Gasteiger partial charge < -0.3 is 4.90 Å². The van der Waals surface area contributed by atoms with Gasteiger partial charge in [-0.25, -0.2) is 0 Å². The Bertz CT molecular complexity index is 433. The zero-order valence-corrected chi connectivity index (χ0v) is 13.4. The highest BCUT2D eigenvalue weighted by Crippen LogP contribution is 2.24. The Hall–Kier alpha value is -0.440. The Labute approximate surface area is 129 Å². The highest BCUT2D eigenvalue weighted by molar-refractivity contribution is 6.36. The van der Waals surface area contributed by atoms with Gasteiger partial charge in [-0.05, 0) is 31.0 Å². The zero-order chi connectivity index (χ0) is 14.4. The summed E-state index contributed by atoms with van der Waals surface area (Å²) in [6.45, 7) is 4.64. The molecule has 0 spiro atoms. The molecule has 106 valence electrons. The molecule has 0 atom stereocenters. The van der Waals surface area contributed by atoms with E-state index in [4.69, 9.17) is 34.8 Å². The number of halogens is 3. The molecule has 0 N–H and O–H groups in total. The van der Waals surface area contributed by atoms with E-state index in [1.807, 2.05) is 0 Å². The van der Waals surface area contributed by atoms with Crippen molar-refractivity contribution in [3.63, 3.8) is 0 Å². The predicted octanol–water partition coefficient (Wildman–Crippen LogP) is 4.86. The number of carbonyl (C=O) groups is 1. The second-order valence-corrected chi connectivity index (χ2v) is 5.50. The molecule has 1 aromatic rings. The van der Waals surface area contributed by atoms with E-state index in [0.29, 0.717) is 28.0 Å². The van der Waals surface area contributed by atoms with Crippen LogP contribution in [0.25, 0.3) is 0 Å². The van der Waals surface area contributed by atoms with Crippen molar-refractivity contribution < 1.29 is 4.79 Å². The molecule has 0 radical (unpaired) electrons. The van der Waals surface area contributed by atoms with E-state index in [2.05, 4.69) is 13.8 Å². The highest BCUT2D eigenvalue weighted by atomic mass is 35.5.